The van der Waals surface area contributed by atoms with Gasteiger partial charge < -0.3 is 76.3 Å². The number of aryl methyl sites for hydroxylation is 6. The number of allylic oxidation sites excluding steroid dienone is 1. The summed E-state index contributed by atoms with van der Waals surface area (Å²) in [5, 5.41) is 25.4. The lowest BCUT2D eigenvalue weighted by Gasteiger charge is -2.20. The van der Waals surface area contributed by atoms with Crippen LogP contribution in [0.1, 0.15) is 0 Å². The zero-order chi connectivity index (χ0) is 87.9. The standard InChI is InChI=1S/C27H28Cl2N8O4.C24H26Cl2N8O3.C16H12Cl3N3O3.C8H15N5.C3H3ClO/c1-6-21(38)31-16-12-37(20-7-8-35(2)34-20)13-17(16)32-27-30-11-14-9-15(26(39)36(3)25(14)33-27)22-23(28)18(40-4)10-19(41-5)24(22)29;1-32-6-5-18(31-32)34-10-14(27)15(11-34)29-24-28-9-12-7-13(23(35)33(2)22(12)30-24)19-20(25)16(36-3)8-17(37-4)21(19)26;1-22-14-7(6-20-16(19)21-14)4-8(15(22)23)11-12(17)9(24-2)5-10(25-3)13(11)18;1-12-3-2-8(11-12)13-4-6(9)7(10)5-13;1-2-3(4)5/h6-11,16-17H,1,12-13H2,2-5H3,(H,31,38)(H,30,32,33);5-9,14-15H,10-11,27H2,1-4H3,(H,28,29,30);4-6H,1-3H3;2-3,6-7H,4-5,9-10H2,1H3;2H,1H2. The third-order valence-electron chi connectivity index (χ3n) is 19.8. The van der Waals surface area contributed by atoms with E-state index in [0.717, 1.165) is 36.6 Å². The Hall–Kier alpha value is -11.2. The Balaban J connectivity index is 0.000000163. The van der Waals surface area contributed by atoms with E-state index >= 15 is 0 Å². The van der Waals surface area contributed by atoms with E-state index in [1.54, 1.807) is 84.0 Å². The number of fused-ring (bicyclic) bond motifs is 3. The number of benzene rings is 3. The van der Waals surface area contributed by atoms with Gasteiger partial charge in [-0.05, 0) is 53.6 Å². The highest BCUT2D eigenvalue weighted by Gasteiger charge is 2.37. The lowest BCUT2D eigenvalue weighted by Crippen LogP contribution is -2.45. The van der Waals surface area contributed by atoms with Crippen molar-refractivity contribution < 1.29 is 38.0 Å². The van der Waals surface area contributed by atoms with Crippen LogP contribution in [0.2, 0.25) is 35.4 Å². The number of hydrogen-bond acceptors (Lipinski definition) is 28. The van der Waals surface area contributed by atoms with Crippen molar-refractivity contribution in [2.24, 2.45) is 59.5 Å². The number of nitrogens with one attached hydrogen (secondary N) is 3. The van der Waals surface area contributed by atoms with E-state index in [1.165, 1.54) is 68.6 Å². The van der Waals surface area contributed by atoms with Crippen LogP contribution < -0.4 is 93.0 Å². The molecule has 6 unspecified atom stereocenters. The van der Waals surface area contributed by atoms with Crippen LogP contribution in [-0.2, 0) is 51.9 Å². The minimum atomic E-state index is -0.509. The molecule has 12 heterocycles. The van der Waals surface area contributed by atoms with Gasteiger partial charge in [-0.1, -0.05) is 82.8 Å². The SMILES string of the molecule is C=CC(=O)Cl.C=CC(=O)NC1CN(c2ccn(C)n2)CC1Nc1ncc2cc(-c3c(Cl)c(OC)cc(OC)c3Cl)c(=O)n(C)c2n1.COc1cc(OC)c(Cl)c(-c2cc3cnc(Cl)nc3n(C)c2=O)c1Cl.COc1cc(OC)c(Cl)c(-c2cc3cnc(NC4CN(c5ccn(C)n5)CC4N)nc3n(C)c2=O)c1Cl.Cn1ccc(N2CC(N)C(N)C2)n1. The topological polar surface area (TPSA) is 410 Å². The summed E-state index contributed by atoms with van der Waals surface area (Å²) in [7, 11) is 19.3. The van der Waals surface area contributed by atoms with Crippen molar-refractivity contribution >= 4 is 166 Å². The molecule has 0 saturated carbocycles. The van der Waals surface area contributed by atoms with Gasteiger partial charge in [0.05, 0.1) is 108 Å². The van der Waals surface area contributed by atoms with Gasteiger partial charge in [0.15, 0.2) is 17.5 Å². The van der Waals surface area contributed by atoms with Crippen LogP contribution in [0, 0.1) is 0 Å². The first-order valence-corrected chi connectivity index (χ1v) is 39.6. The maximum absolute atomic E-state index is 13.6. The summed E-state index contributed by atoms with van der Waals surface area (Å²) >= 11 is 49.7. The van der Waals surface area contributed by atoms with Crippen LogP contribution >= 0.6 is 92.8 Å². The fraction of sp³-hybridized carbons (Fsp3) is 0.308. The highest BCUT2D eigenvalue weighted by molar-refractivity contribution is 6.66. The lowest BCUT2D eigenvalue weighted by atomic mass is 10.0. The molecule has 0 aliphatic carbocycles. The van der Waals surface area contributed by atoms with Gasteiger partial charge in [-0.2, -0.15) is 30.2 Å². The molecular weight excluding hydrogens is 1730 g/mol. The van der Waals surface area contributed by atoms with E-state index in [0.29, 0.717) is 117 Å². The number of hydrogen-bond donors (Lipinski definition) is 6. The summed E-state index contributed by atoms with van der Waals surface area (Å²) in [6.07, 6.45) is 12.7. The fourth-order valence-electron chi connectivity index (χ4n) is 13.5. The van der Waals surface area contributed by atoms with Gasteiger partial charge in [0.2, 0.25) is 28.3 Å². The molecule has 0 bridgehead atoms. The fourth-order valence-corrected chi connectivity index (χ4v) is 15.8. The van der Waals surface area contributed by atoms with Crippen LogP contribution in [0.3, 0.4) is 0 Å². The zero-order valence-corrected chi connectivity index (χ0v) is 73.3. The largest absolute Gasteiger partial charge is 0.495 e. The van der Waals surface area contributed by atoms with Crippen LogP contribution in [0.25, 0.3) is 66.5 Å². The predicted octanol–water partition coefficient (Wildman–Crippen LogP) is 9.51. The number of nitrogens with zero attached hydrogens (tertiary/aromatic N) is 18. The van der Waals surface area contributed by atoms with Gasteiger partial charge in [0.25, 0.3) is 16.7 Å². The van der Waals surface area contributed by atoms with E-state index in [4.69, 9.17) is 138 Å². The molecule has 3 fully saturated rings. The summed E-state index contributed by atoms with van der Waals surface area (Å²) in [6.45, 7) is 10.6. The van der Waals surface area contributed by atoms with Crippen LogP contribution in [-0.4, -0.2) is 202 Å². The number of aromatic nitrogens is 15. The Morgan fingerprint density at radius 3 is 1.05 bits per heavy atom. The summed E-state index contributed by atoms with van der Waals surface area (Å²) in [5.74, 6) is 4.98. The van der Waals surface area contributed by atoms with Crippen molar-refractivity contribution in [3.63, 3.8) is 0 Å². The number of pyridine rings is 3. The summed E-state index contributed by atoms with van der Waals surface area (Å²) in [4.78, 5) is 94.0. The predicted molar refractivity (Wildman–Crippen MR) is 473 cm³/mol. The minimum Gasteiger partial charge on any atom is -0.495 e. The molecule has 1 amide bonds. The molecule has 3 aliphatic heterocycles. The van der Waals surface area contributed by atoms with Crippen molar-refractivity contribution in [1.29, 1.82) is 0 Å². The molecule has 6 atom stereocenters. The van der Waals surface area contributed by atoms with Crippen molar-refractivity contribution in [2.75, 3.05) is 107 Å². The number of carbonyl (C=O) groups is 2. The molecule has 35 nitrogen and oxygen atoms in total. The first-order valence-electron chi connectivity index (χ1n) is 36.5. The van der Waals surface area contributed by atoms with Crippen LogP contribution in [0.15, 0.2) is 131 Å². The molecule has 3 aliphatic rings. The van der Waals surface area contributed by atoms with Gasteiger partial charge in [0, 0.05) is 206 Å². The van der Waals surface area contributed by atoms with Crippen molar-refractivity contribution in [3.8, 4) is 67.9 Å². The number of amides is 1. The Labute approximate surface area is 732 Å². The Morgan fingerprint density at radius 1 is 0.430 bits per heavy atom. The smallest absolute Gasteiger partial charge is 0.259 e. The molecule has 121 heavy (non-hydrogen) atoms. The molecule has 0 radical (unpaired) electrons. The Bertz CT molecular complexity index is 6030. The van der Waals surface area contributed by atoms with Gasteiger partial charge >= 0.3 is 0 Å². The monoisotopic (exact) mass is 1810 g/mol. The second-order valence-electron chi connectivity index (χ2n) is 27.6. The van der Waals surface area contributed by atoms with Crippen molar-refractivity contribution in [2.45, 2.75) is 36.3 Å². The number of ether oxygens (including phenoxy) is 6. The van der Waals surface area contributed by atoms with E-state index in [9.17, 15) is 24.0 Å². The number of methoxy groups -OCH3 is 6. The third kappa shape index (κ3) is 19.7. The molecule has 3 saturated heterocycles. The molecule has 12 aromatic rings. The van der Waals surface area contributed by atoms with Gasteiger partial charge in [-0.15, -0.1) is 0 Å². The first kappa shape index (κ1) is 90.5. The molecule has 3 aromatic carbocycles. The average molecular weight is 1820 g/mol. The first-order chi connectivity index (χ1) is 57.7. The van der Waals surface area contributed by atoms with E-state index in [1.807, 2.05) is 57.9 Å². The molecule has 0 spiro atoms. The maximum Gasteiger partial charge on any atom is 0.259 e. The van der Waals surface area contributed by atoms with Gasteiger partial charge in [0.1, 0.15) is 51.4 Å². The summed E-state index contributed by atoms with van der Waals surface area (Å²) in [5.41, 5.74) is 19.9. The van der Waals surface area contributed by atoms with Crippen molar-refractivity contribution in [1.82, 2.24) is 78.3 Å². The van der Waals surface area contributed by atoms with Gasteiger partial charge in [-0.3, -0.25) is 51.7 Å². The number of anilines is 5. The molecule has 638 valence electrons. The third-order valence-corrected chi connectivity index (χ3v) is 22.4. The lowest BCUT2D eigenvalue weighted by molar-refractivity contribution is -0.117. The van der Waals surface area contributed by atoms with Gasteiger partial charge in [-0.25, -0.2) is 15.0 Å². The molecule has 43 heteroatoms. The summed E-state index contributed by atoms with van der Waals surface area (Å²) in [6, 6.07) is 14.8. The quantitative estimate of drug-likeness (QED) is 0.0249. The van der Waals surface area contributed by atoms with Crippen LogP contribution in [0.5, 0.6) is 34.5 Å². The highest BCUT2D eigenvalue weighted by Crippen LogP contribution is 2.49. The number of rotatable bonds is 19. The van der Waals surface area contributed by atoms with Crippen molar-refractivity contribution in [3.05, 3.63) is 184 Å². The zero-order valence-electron chi connectivity index (χ0n) is 67.2. The number of carbonyl (C=O) groups excluding carboxylic acids is 2. The van der Waals surface area contributed by atoms with E-state index < -0.39 is 5.24 Å². The van der Waals surface area contributed by atoms with E-state index in [2.05, 4.69) is 89.0 Å². The normalized spacial score (nSPS) is 16.5. The molecule has 9 N–H and O–H groups in total. The minimum absolute atomic E-state index is 0.0503. The Morgan fingerprint density at radius 2 is 0.727 bits per heavy atom. The second kappa shape index (κ2) is 39.1. The average Bonchev–Trinajstić information content (AvgIpc) is 1.67. The molecule has 9 aromatic heterocycles. The summed E-state index contributed by atoms with van der Waals surface area (Å²) < 4.78 is 41.4. The molecular formula is C78H84Cl8N24O11. The van der Waals surface area contributed by atoms with E-state index in [-0.39, 0.29) is 117 Å². The highest BCUT2D eigenvalue weighted by atomic mass is 35.5. The second-order valence-corrected chi connectivity index (χ2v) is 30.5. The maximum atomic E-state index is 13.6. The number of halogens is 8. The number of nitrogens with two attached hydrogens (primary N) is 3. The van der Waals surface area contributed by atoms with Crippen LogP contribution in [0.4, 0.5) is 29.4 Å². The molecule has 15 rings (SSSR count). The Kier molecular flexibility index (Phi) is 29.3.